The van der Waals surface area contributed by atoms with Gasteiger partial charge in [-0.15, -0.1) is 10.2 Å². The molecule has 0 aliphatic rings. The molecule has 0 aromatic carbocycles. The quantitative estimate of drug-likeness (QED) is 0.795. The number of pyridine rings is 1. The average Bonchev–Trinajstić information content (AvgIpc) is 2.92. The third kappa shape index (κ3) is 3.74. The molecule has 104 valence electrons. The van der Waals surface area contributed by atoms with Crippen molar-refractivity contribution in [3.63, 3.8) is 0 Å². The smallest absolute Gasteiger partial charge is 0.265 e. The Labute approximate surface area is 119 Å². The van der Waals surface area contributed by atoms with Gasteiger partial charge in [0.2, 0.25) is 5.13 Å². The molecule has 0 atom stereocenters. The van der Waals surface area contributed by atoms with E-state index in [2.05, 4.69) is 31.7 Å². The summed E-state index contributed by atoms with van der Waals surface area (Å²) < 4.78 is 26.5. The standard InChI is InChI=1S/C11H10N4O3S2/c16-4-2-1-3-9-5-10(7-12-6-9)20(17,18)15-11-14-13-8-19-11/h5-8,16H,2,4H2,(H,14,15). The maximum atomic E-state index is 12.1. The van der Waals surface area contributed by atoms with Crippen LogP contribution in [0.2, 0.25) is 0 Å². The van der Waals surface area contributed by atoms with Crippen LogP contribution in [0.25, 0.3) is 0 Å². The van der Waals surface area contributed by atoms with Gasteiger partial charge in [-0.3, -0.25) is 9.71 Å². The van der Waals surface area contributed by atoms with Crippen LogP contribution < -0.4 is 4.72 Å². The van der Waals surface area contributed by atoms with Crippen molar-refractivity contribution < 1.29 is 13.5 Å². The Kier molecular flexibility index (Phi) is 4.62. The molecule has 2 N–H and O–H groups in total. The number of nitrogens with zero attached hydrogens (tertiary/aromatic N) is 3. The highest BCUT2D eigenvalue weighted by atomic mass is 32.2. The van der Waals surface area contributed by atoms with Crippen LogP contribution in [0.15, 0.2) is 28.9 Å². The molecule has 0 bridgehead atoms. The number of anilines is 1. The van der Waals surface area contributed by atoms with Crippen LogP contribution in [0.4, 0.5) is 5.13 Å². The van der Waals surface area contributed by atoms with E-state index in [4.69, 9.17) is 5.11 Å². The summed E-state index contributed by atoms with van der Waals surface area (Å²) in [5.74, 6) is 5.43. The fraction of sp³-hybridized carbons (Fsp3) is 0.182. The Bertz CT molecular complexity index is 733. The van der Waals surface area contributed by atoms with Crippen molar-refractivity contribution >= 4 is 26.5 Å². The van der Waals surface area contributed by atoms with Crippen LogP contribution >= 0.6 is 11.3 Å². The second kappa shape index (κ2) is 6.42. The van der Waals surface area contributed by atoms with Crippen LogP contribution in [0.1, 0.15) is 12.0 Å². The highest BCUT2D eigenvalue weighted by Gasteiger charge is 2.16. The van der Waals surface area contributed by atoms with Gasteiger partial charge >= 0.3 is 0 Å². The molecule has 2 aromatic heterocycles. The first kappa shape index (κ1) is 14.4. The first-order valence-corrected chi connectivity index (χ1v) is 7.82. The molecule has 2 aromatic rings. The van der Waals surface area contributed by atoms with Crippen molar-refractivity contribution in [2.75, 3.05) is 11.3 Å². The molecule has 0 fully saturated rings. The van der Waals surface area contributed by atoms with Gasteiger partial charge in [-0.2, -0.15) is 0 Å². The maximum Gasteiger partial charge on any atom is 0.265 e. The summed E-state index contributed by atoms with van der Waals surface area (Å²) in [5, 5.41) is 16.0. The molecule has 0 radical (unpaired) electrons. The monoisotopic (exact) mass is 310 g/mol. The first-order chi connectivity index (χ1) is 9.62. The first-order valence-electron chi connectivity index (χ1n) is 5.45. The molecule has 2 rings (SSSR count). The molecule has 0 spiro atoms. The van der Waals surface area contributed by atoms with Crippen LogP contribution in [0.5, 0.6) is 0 Å². The number of hydrogen-bond donors (Lipinski definition) is 2. The zero-order chi connectivity index (χ0) is 14.4. The molecule has 0 aliphatic heterocycles. The van der Waals surface area contributed by atoms with Crippen molar-refractivity contribution in [2.24, 2.45) is 0 Å². The number of sulfonamides is 1. The second-order valence-corrected chi connectivity index (χ2v) is 6.05. The summed E-state index contributed by atoms with van der Waals surface area (Å²) in [5.41, 5.74) is 1.88. The van der Waals surface area contributed by atoms with E-state index in [1.54, 1.807) is 0 Å². The van der Waals surface area contributed by atoms with Gasteiger partial charge < -0.3 is 5.11 Å². The van der Waals surface area contributed by atoms with Crippen LogP contribution in [0.3, 0.4) is 0 Å². The molecular formula is C11H10N4O3S2. The van der Waals surface area contributed by atoms with Gasteiger partial charge in [0.05, 0.1) is 6.61 Å². The summed E-state index contributed by atoms with van der Waals surface area (Å²) in [6.45, 7) is -0.0446. The zero-order valence-corrected chi connectivity index (χ0v) is 11.8. The van der Waals surface area contributed by atoms with E-state index < -0.39 is 10.0 Å². The maximum absolute atomic E-state index is 12.1. The fourth-order valence-corrected chi connectivity index (χ4v) is 2.93. The molecule has 0 amide bonds. The van der Waals surface area contributed by atoms with E-state index in [0.29, 0.717) is 12.0 Å². The van der Waals surface area contributed by atoms with Crippen LogP contribution in [-0.2, 0) is 10.0 Å². The highest BCUT2D eigenvalue weighted by Crippen LogP contribution is 2.16. The predicted octanol–water partition coefficient (Wildman–Crippen LogP) is 0.468. The number of hydrogen-bond acceptors (Lipinski definition) is 7. The zero-order valence-electron chi connectivity index (χ0n) is 10.1. The molecule has 0 saturated carbocycles. The van der Waals surface area contributed by atoms with Gasteiger partial charge in [0.1, 0.15) is 10.4 Å². The van der Waals surface area contributed by atoms with Crippen LogP contribution in [0, 0.1) is 11.8 Å². The van der Waals surface area contributed by atoms with Gasteiger partial charge in [-0.1, -0.05) is 23.2 Å². The third-order valence-electron chi connectivity index (χ3n) is 2.07. The van der Waals surface area contributed by atoms with Gasteiger partial charge in [0.25, 0.3) is 10.0 Å². The molecule has 0 saturated heterocycles. The minimum absolute atomic E-state index is 0.0106. The van der Waals surface area contributed by atoms with Crippen molar-refractivity contribution in [1.82, 2.24) is 15.2 Å². The third-order valence-corrected chi connectivity index (χ3v) is 4.12. The van der Waals surface area contributed by atoms with Gasteiger partial charge in [-0.25, -0.2) is 8.42 Å². The lowest BCUT2D eigenvalue weighted by atomic mass is 10.3. The van der Waals surface area contributed by atoms with Gasteiger partial charge in [-0.05, 0) is 6.07 Å². The van der Waals surface area contributed by atoms with E-state index in [-0.39, 0.29) is 16.6 Å². The van der Waals surface area contributed by atoms with E-state index in [9.17, 15) is 8.42 Å². The topological polar surface area (TPSA) is 105 Å². The summed E-state index contributed by atoms with van der Waals surface area (Å²) in [4.78, 5) is 3.83. The summed E-state index contributed by atoms with van der Waals surface area (Å²) in [6.07, 6.45) is 2.99. The molecule has 20 heavy (non-hydrogen) atoms. The lowest BCUT2D eigenvalue weighted by Crippen LogP contribution is -2.13. The van der Waals surface area contributed by atoms with E-state index in [0.717, 1.165) is 11.3 Å². The average molecular weight is 310 g/mol. The summed E-state index contributed by atoms with van der Waals surface area (Å²) in [6, 6.07) is 1.40. The number of aliphatic hydroxyl groups excluding tert-OH is 1. The van der Waals surface area contributed by atoms with Gasteiger partial charge in [0.15, 0.2) is 0 Å². The SMILES string of the molecule is O=S(=O)(Nc1nncs1)c1cncc(C#CCCO)c1. The number of nitrogens with one attached hydrogen (secondary N) is 1. The van der Waals surface area contributed by atoms with Gasteiger partial charge in [0, 0.05) is 24.4 Å². The largest absolute Gasteiger partial charge is 0.395 e. The summed E-state index contributed by atoms with van der Waals surface area (Å²) >= 11 is 1.08. The Balaban J connectivity index is 2.24. The molecule has 7 nitrogen and oxygen atoms in total. The lowest BCUT2D eigenvalue weighted by molar-refractivity contribution is 0.305. The number of aromatic nitrogens is 3. The second-order valence-electron chi connectivity index (χ2n) is 3.53. The summed E-state index contributed by atoms with van der Waals surface area (Å²) in [7, 11) is -3.76. The van der Waals surface area contributed by atoms with Crippen LogP contribution in [-0.4, -0.2) is 35.3 Å². The Morgan fingerprint density at radius 1 is 1.40 bits per heavy atom. The lowest BCUT2D eigenvalue weighted by Gasteiger charge is -2.04. The van der Waals surface area contributed by atoms with Crippen molar-refractivity contribution in [3.05, 3.63) is 29.5 Å². The number of aliphatic hydroxyl groups is 1. The van der Waals surface area contributed by atoms with Crippen molar-refractivity contribution in [1.29, 1.82) is 0 Å². The Morgan fingerprint density at radius 2 is 2.25 bits per heavy atom. The Morgan fingerprint density at radius 3 is 2.95 bits per heavy atom. The minimum Gasteiger partial charge on any atom is -0.395 e. The number of rotatable bonds is 4. The molecule has 2 heterocycles. The minimum atomic E-state index is -3.76. The highest BCUT2D eigenvalue weighted by molar-refractivity contribution is 7.93. The fourth-order valence-electron chi connectivity index (χ4n) is 1.25. The molecular weight excluding hydrogens is 300 g/mol. The molecule has 0 unspecified atom stereocenters. The normalized spacial score (nSPS) is 10.7. The van der Waals surface area contributed by atoms with Crippen molar-refractivity contribution in [2.45, 2.75) is 11.3 Å². The van der Waals surface area contributed by atoms with E-state index in [1.807, 2.05) is 0 Å². The predicted molar refractivity (Wildman–Crippen MR) is 73.5 cm³/mol. The van der Waals surface area contributed by atoms with E-state index in [1.165, 1.54) is 24.0 Å². The molecule has 9 heteroatoms. The van der Waals surface area contributed by atoms with Crippen molar-refractivity contribution in [3.8, 4) is 11.8 Å². The van der Waals surface area contributed by atoms with E-state index >= 15 is 0 Å². The molecule has 0 aliphatic carbocycles. The Hall–Kier alpha value is -2.02.